The van der Waals surface area contributed by atoms with E-state index in [0.717, 1.165) is 31.2 Å². The van der Waals surface area contributed by atoms with Gasteiger partial charge in [0.2, 0.25) is 0 Å². The molecule has 2 aliphatic carbocycles. The third-order valence-electron chi connectivity index (χ3n) is 5.18. The largest absolute Gasteiger partial charge is 0.480 e. The van der Waals surface area contributed by atoms with Gasteiger partial charge in [0.15, 0.2) is 0 Å². The number of carboxylic acids is 1. The zero-order chi connectivity index (χ0) is 15.4. The number of aliphatic carboxylic acids is 1. The highest BCUT2D eigenvalue weighted by atomic mass is 16.4. The van der Waals surface area contributed by atoms with Gasteiger partial charge >= 0.3 is 12.0 Å². The van der Waals surface area contributed by atoms with Gasteiger partial charge in [-0.15, -0.1) is 0 Å². The number of rotatable bonds is 7. The SMILES string of the molecule is CCCCC(NC(=O)N(C)CC1CC2CCC1C2)C(=O)O. The van der Waals surface area contributed by atoms with Crippen molar-refractivity contribution in [1.82, 2.24) is 10.2 Å². The van der Waals surface area contributed by atoms with Gasteiger partial charge in [-0.1, -0.05) is 26.2 Å². The lowest BCUT2D eigenvalue weighted by atomic mass is 9.88. The fourth-order valence-electron chi connectivity index (χ4n) is 3.96. The van der Waals surface area contributed by atoms with Crippen LogP contribution in [0.5, 0.6) is 0 Å². The van der Waals surface area contributed by atoms with Gasteiger partial charge in [-0.25, -0.2) is 9.59 Å². The minimum atomic E-state index is -0.940. The topological polar surface area (TPSA) is 69.6 Å². The first-order valence-corrected chi connectivity index (χ1v) is 8.25. The molecule has 0 aromatic rings. The van der Waals surface area contributed by atoms with E-state index in [2.05, 4.69) is 5.32 Å². The number of hydrogen-bond acceptors (Lipinski definition) is 2. The van der Waals surface area contributed by atoms with Crippen molar-refractivity contribution in [2.75, 3.05) is 13.6 Å². The molecule has 2 rings (SSSR count). The van der Waals surface area contributed by atoms with Gasteiger partial charge in [0, 0.05) is 13.6 Å². The second kappa shape index (κ2) is 7.14. The minimum absolute atomic E-state index is 0.249. The summed E-state index contributed by atoms with van der Waals surface area (Å²) >= 11 is 0. The van der Waals surface area contributed by atoms with Crippen LogP contribution < -0.4 is 5.32 Å². The molecular formula is C16H28N2O3. The zero-order valence-corrected chi connectivity index (χ0v) is 13.2. The van der Waals surface area contributed by atoms with Crippen molar-refractivity contribution < 1.29 is 14.7 Å². The lowest BCUT2D eigenvalue weighted by Gasteiger charge is -2.28. The van der Waals surface area contributed by atoms with Crippen molar-refractivity contribution in [2.45, 2.75) is 57.9 Å². The number of carboxylic acid groups (broad SMARTS) is 1. The van der Waals surface area contributed by atoms with Crippen LogP contribution in [0.1, 0.15) is 51.9 Å². The third-order valence-corrected chi connectivity index (χ3v) is 5.18. The number of hydrogen-bond donors (Lipinski definition) is 2. The quantitative estimate of drug-likeness (QED) is 0.759. The number of carbonyl (C=O) groups excluding carboxylic acids is 1. The van der Waals surface area contributed by atoms with Crippen molar-refractivity contribution in [3.05, 3.63) is 0 Å². The molecule has 0 aliphatic heterocycles. The summed E-state index contributed by atoms with van der Waals surface area (Å²) < 4.78 is 0. The van der Waals surface area contributed by atoms with Crippen LogP contribution in [-0.4, -0.2) is 41.6 Å². The van der Waals surface area contributed by atoms with Crippen LogP contribution in [0.2, 0.25) is 0 Å². The predicted molar refractivity (Wildman–Crippen MR) is 81.0 cm³/mol. The molecular weight excluding hydrogens is 268 g/mol. The van der Waals surface area contributed by atoms with Gasteiger partial charge < -0.3 is 15.3 Å². The Morgan fingerprint density at radius 2 is 2.10 bits per heavy atom. The summed E-state index contributed by atoms with van der Waals surface area (Å²) in [6.45, 7) is 2.77. The Morgan fingerprint density at radius 3 is 2.62 bits per heavy atom. The summed E-state index contributed by atoms with van der Waals surface area (Å²) in [6.07, 6.45) is 7.47. The first-order valence-electron chi connectivity index (χ1n) is 8.25. The average Bonchev–Trinajstić information content (AvgIpc) is 3.05. The summed E-state index contributed by atoms with van der Waals surface area (Å²) in [7, 11) is 1.78. The minimum Gasteiger partial charge on any atom is -0.480 e. The number of amides is 2. The fourth-order valence-corrected chi connectivity index (χ4v) is 3.96. The maximum Gasteiger partial charge on any atom is 0.326 e. The van der Waals surface area contributed by atoms with E-state index >= 15 is 0 Å². The molecule has 2 N–H and O–H groups in total. The molecule has 120 valence electrons. The van der Waals surface area contributed by atoms with Gasteiger partial charge in [0.25, 0.3) is 0 Å². The summed E-state index contributed by atoms with van der Waals surface area (Å²) in [5.41, 5.74) is 0. The molecule has 4 atom stereocenters. The van der Waals surface area contributed by atoms with Gasteiger partial charge in [-0.3, -0.25) is 0 Å². The van der Waals surface area contributed by atoms with E-state index in [0.29, 0.717) is 12.3 Å². The first-order chi connectivity index (χ1) is 10.0. The van der Waals surface area contributed by atoms with E-state index in [1.807, 2.05) is 6.92 Å². The van der Waals surface area contributed by atoms with E-state index in [9.17, 15) is 9.59 Å². The Hall–Kier alpha value is -1.26. The lowest BCUT2D eigenvalue weighted by Crippen LogP contribution is -2.48. The smallest absolute Gasteiger partial charge is 0.326 e. The molecule has 0 aromatic carbocycles. The summed E-state index contributed by atoms with van der Waals surface area (Å²) in [4.78, 5) is 25.0. The molecule has 5 nitrogen and oxygen atoms in total. The molecule has 2 aliphatic rings. The number of nitrogens with one attached hydrogen (secondary N) is 1. The Labute approximate surface area is 127 Å². The molecule has 0 spiro atoms. The second-order valence-corrected chi connectivity index (χ2v) is 6.80. The molecule has 0 radical (unpaired) electrons. The van der Waals surface area contributed by atoms with Crippen LogP contribution in [0, 0.1) is 17.8 Å². The van der Waals surface area contributed by atoms with Crippen LogP contribution in [0.25, 0.3) is 0 Å². The van der Waals surface area contributed by atoms with Gasteiger partial charge in [-0.05, 0) is 43.4 Å². The molecule has 5 heteroatoms. The molecule has 21 heavy (non-hydrogen) atoms. The highest BCUT2D eigenvalue weighted by Gasteiger charge is 2.40. The normalized spacial score (nSPS) is 28.4. The Kier molecular flexibility index (Phi) is 5.48. The molecule has 2 saturated carbocycles. The second-order valence-electron chi connectivity index (χ2n) is 6.80. The van der Waals surface area contributed by atoms with Gasteiger partial charge in [0.1, 0.15) is 6.04 Å². The van der Waals surface area contributed by atoms with Crippen LogP contribution in [-0.2, 0) is 4.79 Å². The molecule has 2 fully saturated rings. The highest BCUT2D eigenvalue weighted by molar-refractivity contribution is 5.82. The van der Waals surface area contributed by atoms with E-state index in [1.54, 1.807) is 11.9 Å². The summed E-state index contributed by atoms with van der Waals surface area (Å²) in [5, 5.41) is 11.8. The van der Waals surface area contributed by atoms with Gasteiger partial charge in [-0.2, -0.15) is 0 Å². The van der Waals surface area contributed by atoms with E-state index in [-0.39, 0.29) is 6.03 Å². The molecule has 4 unspecified atom stereocenters. The predicted octanol–water partition coefficient (Wildman–Crippen LogP) is 2.71. The van der Waals surface area contributed by atoms with Crippen molar-refractivity contribution in [3.63, 3.8) is 0 Å². The third kappa shape index (κ3) is 4.11. The fraction of sp³-hybridized carbons (Fsp3) is 0.875. The zero-order valence-electron chi connectivity index (χ0n) is 13.2. The summed E-state index contributed by atoms with van der Waals surface area (Å²) in [5.74, 6) is 1.32. The average molecular weight is 296 g/mol. The number of unbranched alkanes of at least 4 members (excludes halogenated alkanes) is 1. The maximum absolute atomic E-state index is 12.2. The maximum atomic E-state index is 12.2. The van der Waals surface area contributed by atoms with E-state index in [1.165, 1.54) is 25.7 Å². The van der Waals surface area contributed by atoms with Crippen molar-refractivity contribution >= 4 is 12.0 Å². The Bertz CT molecular complexity index is 386. The monoisotopic (exact) mass is 296 g/mol. The molecule has 0 heterocycles. The van der Waals surface area contributed by atoms with Crippen LogP contribution >= 0.6 is 0 Å². The number of urea groups is 1. The van der Waals surface area contributed by atoms with Gasteiger partial charge in [0.05, 0.1) is 0 Å². The highest BCUT2D eigenvalue weighted by Crippen LogP contribution is 2.48. The summed E-state index contributed by atoms with van der Waals surface area (Å²) in [6, 6.07) is -1.01. The van der Waals surface area contributed by atoms with E-state index in [4.69, 9.17) is 5.11 Å². The number of carbonyl (C=O) groups is 2. The van der Waals surface area contributed by atoms with Crippen LogP contribution in [0.4, 0.5) is 4.79 Å². The van der Waals surface area contributed by atoms with Crippen LogP contribution in [0.15, 0.2) is 0 Å². The molecule has 0 aromatic heterocycles. The molecule has 0 saturated heterocycles. The van der Waals surface area contributed by atoms with Crippen molar-refractivity contribution in [3.8, 4) is 0 Å². The Balaban J connectivity index is 1.79. The lowest BCUT2D eigenvalue weighted by molar-refractivity contribution is -0.139. The first kappa shape index (κ1) is 16.1. The number of nitrogens with zero attached hydrogens (tertiary/aromatic N) is 1. The number of fused-ring (bicyclic) bond motifs is 2. The van der Waals surface area contributed by atoms with Crippen molar-refractivity contribution in [1.29, 1.82) is 0 Å². The molecule has 2 bridgehead atoms. The molecule has 2 amide bonds. The van der Waals surface area contributed by atoms with E-state index < -0.39 is 12.0 Å². The standard InChI is InChI=1S/C16H28N2O3/c1-3-4-5-14(15(19)20)17-16(21)18(2)10-13-9-11-6-7-12(13)8-11/h11-14H,3-10H2,1-2H3,(H,17,21)(H,19,20). The van der Waals surface area contributed by atoms with Crippen LogP contribution in [0.3, 0.4) is 0 Å². The Morgan fingerprint density at radius 1 is 1.33 bits per heavy atom. The van der Waals surface area contributed by atoms with Crippen molar-refractivity contribution in [2.24, 2.45) is 17.8 Å².